The summed E-state index contributed by atoms with van der Waals surface area (Å²) >= 11 is 0. The highest BCUT2D eigenvalue weighted by Gasteiger charge is 2.29. The summed E-state index contributed by atoms with van der Waals surface area (Å²) in [5.41, 5.74) is -0.159. The van der Waals surface area contributed by atoms with Gasteiger partial charge in [-0.05, 0) is 24.6 Å². The fraction of sp³-hybridized carbons (Fsp3) is 0.562. The zero-order valence-corrected chi connectivity index (χ0v) is 15.0. The Hall–Kier alpha value is -1.68. The Balaban J connectivity index is 2.22. The molecule has 0 amide bonds. The number of piperazine rings is 1. The summed E-state index contributed by atoms with van der Waals surface area (Å²) < 4.78 is 32.3. The molecule has 0 aromatic heterocycles. The summed E-state index contributed by atoms with van der Waals surface area (Å²) in [4.78, 5) is 13.4. The lowest BCUT2D eigenvalue weighted by molar-refractivity contribution is 0.0692. The molecular weight excluding hydrogens is 348 g/mol. The number of aromatic carboxylic acids is 1. The molecule has 0 spiro atoms. The van der Waals surface area contributed by atoms with Crippen molar-refractivity contribution in [2.75, 3.05) is 45.9 Å². The number of hydrogen-bond acceptors (Lipinski definition) is 6. The third-order valence-electron chi connectivity index (χ3n) is 4.03. The average Bonchev–Trinajstić information content (AvgIpc) is 2.60. The van der Waals surface area contributed by atoms with E-state index >= 15 is 0 Å². The highest BCUT2D eigenvalue weighted by Crippen LogP contribution is 2.25. The summed E-state index contributed by atoms with van der Waals surface area (Å²) in [6, 6.07) is 3.93. The minimum Gasteiger partial charge on any atom is -0.493 e. The minimum atomic E-state index is -3.77. The maximum absolute atomic E-state index is 12.8. The number of rotatable bonds is 8. The first kappa shape index (κ1) is 19.6. The number of carboxylic acid groups (broad SMARTS) is 1. The molecule has 0 saturated carbocycles. The maximum Gasteiger partial charge on any atom is 0.339 e. The van der Waals surface area contributed by atoms with E-state index in [1.54, 1.807) is 0 Å². The molecule has 0 unspecified atom stereocenters. The molecule has 1 aromatic carbocycles. The number of sulfonamides is 1. The van der Waals surface area contributed by atoms with E-state index in [-0.39, 0.29) is 22.8 Å². The zero-order chi connectivity index (χ0) is 18.4. The van der Waals surface area contributed by atoms with Crippen molar-refractivity contribution in [2.24, 2.45) is 0 Å². The number of β-amino-alcohol motifs (C(OH)–C–C–N with tert-alkyl or cyclic N) is 1. The number of benzene rings is 1. The fourth-order valence-electron chi connectivity index (χ4n) is 2.66. The SMILES string of the molecule is CCCOc1ccc(S(=O)(=O)N2CCN(CCO)CC2)cc1C(=O)O. The van der Waals surface area contributed by atoms with Gasteiger partial charge in [0.25, 0.3) is 0 Å². The first-order valence-electron chi connectivity index (χ1n) is 8.23. The third kappa shape index (κ3) is 4.69. The lowest BCUT2D eigenvalue weighted by atomic mass is 10.2. The predicted octanol–water partition coefficient (Wildman–Crippen LogP) is 0.472. The van der Waals surface area contributed by atoms with Gasteiger partial charge in [-0.25, -0.2) is 13.2 Å². The molecule has 2 N–H and O–H groups in total. The number of aliphatic hydroxyl groups is 1. The molecule has 1 aliphatic rings. The van der Waals surface area contributed by atoms with Crippen LogP contribution in [-0.2, 0) is 10.0 Å². The largest absolute Gasteiger partial charge is 0.493 e. The lowest BCUT2D eigenvalue weighted by Crippen LogP contribution is -2.49. The van der Waals surface area contributed by atoms with Crippen LogP contribution in [0.25, 0.3) is 0 Å². The molecule has 1 fully saturated rings. The second kappa shape index (κ2) is 8.61. The van der Waals surface area contributed by atoms with Crippen LogP contribution in [0.5, 0.6) is 5.75 Å². The molecule has 0 aliphatic carbocycles. The van der Waals surface area contributed by atoms with Crippen molar-refractivity contribution in [3.63, 3.8) is 0 Å². The van der Waals surface area contributed by atoms with Gasteiger partial charge in [-0.3, -0.25) is 4.90 Å². The summed E-state index contributed by atoms with van der Waals surface area (Å²) in [6.07, 6.45) is 0.719. The van der Waals surface area contributed by atoms with Crippen LogP contribution in [0.15, 0.2) is 23.1 Å². The van der Waals surface area contributed by atoms with Gasteiger partial charge in [-0.15, -0.1) is 0 Å². The number of ether oxygens (including phenoxy) is 1. The van der Waals surface area contributed by atoms with Gasteiger partial charge in [0, 0.05) is 32.7 Å². The van der Waals surface area contributed by atoms with Crippen molar-refractivity contribution < 1.29 is 28.2 Å². The van der Waals surface area contributed by atoms with E-state index in [4.69, 9.17) is 9.84 Å². The van der Waals surface area contributed by atoms with E-state index in [1.807, 2.05) is 11.8 Å². The Labute approximate surface area is 147 Å². The van der Waals surface area contributed by atoms with Crippen molar-refractivity contribution in [1.82, 2.24) is 9.21 Å². The molecule has 0 bridgehead atoms. The minimum absolute atomic E-state index is 0.0357. The number of carbonyl (C=O) groups is 1. The first-order chi connectivity index (χ1) is 11.9. The van der Waals surface area contributed by atoms with Crippen molar-refractivity contribution in [3.8, 4) is 5.75 Å². The van der Waals surface area contributed by atoms with E-state index in [2.05, 4.69) is 0 Å². The van der Waals surface area contributed by atoms with Gasteiger partial charge in [0.15, 0.2) is 0 Å². The molecule has 8 nitrogen and oxygen atoms in total. The Bertz CT molecular complexity index is 699. The summed E-state index contributed by atoms with van der Waals surface area (Å²) in [5, 5.41) is 18.3. The topological polar surface area (TPSA) is 107 Å². The summed E-state index contributed by atoms with van der Waals surface area (Å²) in [6.45, 7) is 4.48. The summed E-state index contributed by atoms with van der Waals surface area (Å²) in [5.74, 6) is -1.06. The highest BCUT2D eigenvalue weighted by atomic mass is 32.2. The van der Waals surface area contributed by atoms with Crippen molar-refractivity contribution in [3.05, 3.63) is 23.8 Å². The molecule has 1 heterocycles. The van der Waals surface area contributed by atoms with E-state index in [9.17, 15) is 18.3 Å². The van der Waals surface area contributed by atoms with Gasteiger partial charge in [-0.1, -0.05) is 6.92 Å². The molecule has 1 saturated heterocycles. The van der Waals surface area contributed by atoms with Crippen LogP contribution in [0.2, 0.25) is 0 Å². The number of nitrogens with zero attached hydrogens (tertiary/aromatic N) is 2. The van der Waals surface area contributed by atoms with E-state index in [1.165, 1.54) is 16.4 Å². The average molecular weight is 372 g/mol. The first-order valence-corrected chi connectivity index (χ1v) is 9.67. The number of hydrogen-bond donors (Lipinski definition) is 2. The van der Waals surface area contributed by atoms with Gasteiger partial charge in [0.2, 0.25) is 10.0 Å². The zero-order valence-electron chi connectivity index (χ0n) is 14.2. The van der Waals surface area contributed by atoms with Gasteiger partial charge >= 0.3 is 5.97 Å². The van der Waals surface area contributed by atoms with Crippen molar-refractivity contribution in [2.45, 2.75) is 18.2 Å². The standard InChI is InChI=1S/C16H24N2O6S/c1-2-11-24-15-4-3-13(12-14(15)16(20)21)25(22,23)18-7-5-17(6-8-18)9-10-19/h3-4,12,19H,2,5-11H2,1H3,(H,20,21). The second-order valence-electron chi connectivity index (χ2n) is 5.78. The van der Waals surface area contributed by atoms with Crippen molar-refractivity contribution in [1.29, 1.82) is 0 Å². The smallest absolute Gasteiger partial charge is 0.339 e. The maximum atomic E-state index is 12.8. The molecule has 1 aliphatic heterocycles. The Kier molecular flexibility index (Phi) is 6.77. The molecule has 1 aromatic rings. The predicted molar refractivity (Wildman–Crippen MR) is 91.5 cm³/mol. The molecule has 2 rings (SSSR count). The van der Waals surface area contributed by atoms with Gasteiger partial charge < -0.3 is 14.9 Å². The van der Waals surface area contributed by atoms with Crippen LogP contribution < -0.4 is 4.74 Å². The van der Waals surface area contributed by atoms with E-state index in [0.29, 0.717) is 39.3 Å². The van der Waals surface area contributed by atoms with E-state index < -0.39 is 16.0 Å². The Morgan fingerprint density at radius 1 is 1.24 bits per heavy atom. The summed E-state index contributed by atoms with van der Waals surface area (Å²) in [7, 11) is -3.77. The number of carboxylic acids is 1. The van der Waals surface area contributed by atoms with Crippen molar-refractivity contribution >= 4 is 16.0 Å². The lowest BCUT2D eigenvalue weighted by Gasteiger charge is -2.33. The van der Waals surface area contributed by atoms with Crippen LogP contribution in [0, 0.1) is 0 Å². The number of aliphatic hydroxyl groups excluding tert-OH is 1. The quantitative estimate of drug-likeness (QED) is 0.683. The van der Waals surface area contributed by atoms with Crippen LogP contribution in [0.1, 0.15) is 23.7 Å². The highest BCUT2D eigenvalue weighted by molar-refractivity contribution is 7.89. The molecular formula is C16H24N2O6S. The van der Waals surface area contributed by atoms with E-state index in [0.717, 1.165) is 12.5 Å². The second-order valence-corrected chi connectivity index (χ2v) is 7.72. The molecule has 140 valence electrons. The third-order valence-corrected chi connectivity index (χ3v) is 5.92. The molecule has 0 radical (unpaired) electrons. The molecule has 9 heteroatoms. The Morgan fingerprint density at radius 2 is 1.92 bits per heavy atom. The van der Waals surface area contributed by atoms with Crippen LogP contribution in [0.3, 0.4) is 0 Å². The Morgan fingerprint density at radius 3 is 2.48 bits per heavy atom. The normalized spacial score (nSPS) is 16.7. The molecule has 25 heavy (non-hydrogen) atoms. The van der Waals surface area contributed by atoms with Gasteiger partial charge in [-0.2, -0.15) is 4.31 Å². The fourth-order valence-corrected chi connectivity index (χ4v) is 4.11. The van der Waals surface area contributed by atoms with Crippen LogP contribution in [-0.4, -0.2) is 79.7 Å². The van der Waals surface area contributed by atoms with Crippen LogP contribution >= 0.6 is 0 Å². The van der Waals surface area contributed by atoms with Gasteiger partial charge in [0.1, 0.15) is 11.3 Å². The monoisotopic (exact) mass is 372 g/mol. The molecule has 0 atom stereocenters. The van der Waals surface area contributed by atoms with Crippen LogP contribution in [0.4, 0.5) is 0 Å². The van der Waals surface area contributed by atoms with Gasteiger partial charge in [0.05, 0.1) is 18.1 Å².